The second kappa shape index (κ2) is 9.80. The normalized spacial score (nSPS) is 16.6. The van der Waals surface area contributed by atoms with Gasteiger partial charge in [0.2, 0.25) is 0 Å². The molecule has 1 fully saturated rings. The lowest BCUT2D eigenvalue weighted by Crippen LogP contribution is -2.54. The summed E-state index contributed by atoms with van der Waals surface area (Å²) >= 11 is 1.51. The van der Waals surface area contributed by atoms with Gasteiger partial charge in [0.25, 0.3) is 5.78 Å². The number of halogens is 2. The van der Waals surface area contributed by atoms with Gasteiger partial charge >= 0.3 is 0 Å². The predicted molar refractivity (Wildman–Crippen MR) is 136 cm³/mol. The van der Waals surface area contributed by atoms with E-state index in [1.165, 1.54) is 35.6 Å². The average molecular weight is 517 g/mol. The van der Waals surface area contributed by atoms with Crippen molar-refractivity contribution in [2.24, 2.45) is 0 Å². The van der Waals surface area contributed by atoms with Crippen molar-refractivity contribution in [3.8, 4) is 6.07 Å². The number of thiazole rings is 1. The van der Waals surface area contributed by atoms with E-state index in [0.29, 0.717) is 38.3 Å². The van der Waals surface area contributed by atoms with Gasteiger partial charge in [-0.2, -0.15) is 10.2 Å². The van der Waals surface area contributed by atoms with Crippen LogP contribution >= 0.6 is 11.3 Å². The number of hydrogen-bond donors (Lipinski definition) is 0. The molecule has 5 aromatic rings. The molecule has 4 heterocycles. The molecule has 0 saturated carbocycles. The molecule has 0 spiro atoms. The van der Waals surface area contributed by atoms with Crippen LogP contribution in [0.15, 0.2) is 60.4 Å². The molecule has 1 aliphatic rings. The second-order valence-electron chi connectivity index (χ2n) is 8.98. The molecule has 0 N–H and O–H groups in total. The number of nitrogens with zero attached hydrogens (tertiary/aromatic N) is 8. The summed E-state index contributed by atoms with van der Waals surface area (Å²) in [6, 6.07) is 14.9. The van der Waals surface area contributed by atoms with Gasteiger partial charge in [0.05, 0.1) is 17.6 Å². The van der Waals surface area contributed by atoms with Crippen LogP contribution in [0.4, 0.5) is 14.6 Å². The average Bonchev–Trinajstić information content (AvgIpc) is 3.59. The zero-order chi connectivity index (χ0) is 25.4. The first-order chi connectivity index (χ1) is 18.1. The smallest absolute Gasteiger partial charge is 0.258 e. The SMILES string of the molecule is N#CCC[C@@H]1CN(c2nc3nncn3c3scnc23)CCN1C(c1ccc(F)cc1)c1ccc(F)cc1. The molecule has 8 nitrogen and oxygen atoms in total. The molecule has 0 unspecified atom stereocenters. The van der Waals surface area contributed by atoms with E-state index in [2.05, 4.69) is 31.1 Å². The van der Waals surface area contributed by atoms with Gasteiger partial charge in [0.15, 0.2) is 5.82 Å². The first kappa shape index (κ1) is 23.4. The van der Waals surface area contributed by atoms with Crippen LogP contribution < -0.4 is 4.90 Å². The summed E-state index contributed by atoms with van der Waals surface area (Å²) in [7, 11) is 0. The minimum Gasteiger partial charge on any atom is -0.352 e. The zero-order valence-electron chi connectivity index (χ0n) is 19.7. The maximum Gasteiger partial charge on any atom is 0.258 e. The number of anilines is 1. The molecular formula is C26H22F2N8S. The van der Waals surface area contributed by atoms with Gasteiger partial charge in [0.1, 0.15) is 28.3 Å². The van der Waals surface area contributed by atoms with Gasteiger partial charge in [-0.1, -0.05) is 24.3 Å². The van der Waals surface area contributed by atoms with Crippen molar-refractivity contribution in [2.45, 2.75) is 24.9 Å². The van der Waals surface area contributed by atoms with E-state index in [1.54, 1.807) is 36.1 Å². The molecule has 186 valence electrons. The van der Waals surface area contributed by atoms with Gasteiger partial charge in [-0.05, 0) is 41.8 Å². The van der Waals surface area contributed by atoms with Crippen LogP contribution in [0.5, 0.6) is 0 Å². The first-order valence-corrected chi connectivity index (χ1v) is 12.8. The summed E-state index contributed by atoms with van der Waals surface area (Å²) in [5.74, 6) is 0.640. The van der Waals surface area contributed by atoms with Crippen LogP contribution in [-0.2, 0) is 0 Å². The van der Waals surface area contributed by atoms with E-state index in [0.717, 1.165) is 27.3 Å². The Hall–Kier alpha value is -4.01. The van der Waals surface area contributed by atoms with E-state index < -0.39 is 0 Å². The fourth-order valence-corrected chi connectivity index (χ4v) is 5.89. The van der Waals surface area contributed by atoms with Crippen molar-refractivity contribution in [1.82, 2.24) is 29.5 Å². The van der Waals surface area contributed by atoms with Crippen LogP contribution in [0.2, 0.25) is 0 Å². The number of rotatable bonds is 6. The molecule has 11 heteroatoms. The van der Waals surface area contributed by atoms with Crippen LogP contribution in [0.1, 0.15) is 30.0 Å². The van der Waals surface area contributed by atoms with Crippen LogP contribution in [0.25, 0.3) is 16.1 Å². The minimum atomic E-state index is -0.310. The lowest BCUT2D eigenvalue weighted by atomic mass is 9.93. The monoisotopic (exact) mass is 516 g/mol. The standard InChI is InChI=1S/C26H22F2N8S/c27-19-7-3-17(4-8-19)23(18-5-9-20(28)10-6-18)35-13-12-34(14-21(35)2-1-11-29)24-22-25(37-16-30-22)36-15-31-33-26(36)32-24/h3-10,15-16,21,23H,1-2,12-14H2/t21-/m1/s1. The van der Waals surface area contributed by atoms with Gasteiger partial charge in [-0.25, -0.2) is 13.8 Å². The maximum absolute atomic E-state index is 13.8. The summed E-state index contributed by atoms with van der Waals surface area (Å²) in [5.41, 5.74) is 4.40. The largest absolute Gasteiger partial charge is 0.352 e. The van der Waals surface area contributed by atoms with Crippen molar-refractivity contribution >= 4 is 33.3 Å². The van der Waals surface area contributed by atoms with Gasteiger partial charge in [-0.15, -0.1) is 21.5 Å². The van der Waals surface area contributed by atoms with Crippen molar-refractivity contribution in [3.63, 3.8) is 0 Å². The third-order valence-corrected chi connectivity index (χ3v) is 7.66. The van der Waals surface area contributed by atoms with Gasteiger partial charge in [0, 0.05) is 32.1 Å². The maximum atomic E-state index is 13.8. The summed E-state index contributed by atoms with van der Waals surface area (Å²) in [6.07, 6.45) is 2.66. The molecule has 37 heavy (non-hydrogen) atoms. The quantitative estimate of drug-likeness (QED) is 0.326. The molecule has 0 radical (unpaired) electrons. The Morgan fingerprint density at radius 3 is 2.41 bits per heavy atom. The number of nitriles is 1. The number of piperazine rings is 1. The highest BCUT2D eigenvalue weighted by Gasteiger charge is 2.35. The third-order valence-electron chi connectivity index (χ3n) is 6.84. The van der Waals surface area contributed by atoms with Crippen LogP contribution in [0.3, 0.4) is 0 Å². The fourth-order valence-electron chi connectivity index (χ4n) is 5.14. The second-order valence-corrected chi connectivity index (χ2v) is 9.82. The third kappa shape index (κ3) is 4.39. The highest BCUT2D eigenvalue weighted by Crippen LogP contribution is 2.36. The van der Waals surface area contributed by atoms with Gasteiger partial charge in [-0.3, -0.25) is 9.30 Å². The Kier molecular flexibility index (Phi) is 6.20. The van der Waals surface area contributed by atoms with Crippen molar-refractivity contribution in [3.05, 3.63) is 83.1 Å². The molecule has 1 saturated heterocycles. The molecule has 1 atom stereocenters. The van der Waals surface area contributed by atoms with E-state index >= 15 is 0 Å². The lowest BCUT2D eigenvalue weighted by Gasteiger charge is -2.46. The summed E-state index contributed by atoms with van der Waals surface area (Å²) in [4.78, 5) is 14.8. The molecule has 1 aliphatic heterocycles. The lowest BCUT2D eigenvalue weighted by molar-refractivity contribution is 0.132. The Balaban J connectivity index is 1.39. The molecule has 6 rings (SSSR count). The van der Waals surface area contributed by atoms with E-state index in [-0.39, 0.29) is 23.7 Å². The van der Waals surface area contributed by atoms with Crippen molar-refractivity contribution in [2.75, 3.05) is 24.5 Å². The van der Waals surface area contributed by atoms with Crippen molar-refractivity contribution < 1.29 is 8.78 Å². The van der Waals surface area contributed by atoms with Gasteiger partial charge < -0.3 is 4.90 Å². The molecule has 0 bridgehead atoms. The number of aromatic nitrogens is 5. The number of benzene rings is 2. The summed E-state index contributed by atoms with van der Waals surface area (Å²) in [6.45, 7) is 1.93. The van der Waals surface area contributed by atoms with E-state index in [9.17, 15) is 14.0 Å². The zero-order valence-corrected chi connectivity index (χ0v) is 20.5. The summed E-state index contributed by atoms with van der Waals surface area (Å²) < 4.78 is 29.4. The predicted octanol–water partition coefficient (Wildman–Crippen LogP) is 4.60. The molecular weight excluding hydrogens is 494 g/mol. The topological polar surface area (TPSA) is 86.2 Å². The molecule has 3 aromatic heterocycles. The van der Waals surface area contributed by atoms with E-state index in [4.69, 9.17) is 4.98 Å². The Morgan fingerprint density at radius 2 is 1.73 bits per heavy atom. The summed E-state index contributed by atoms with van der Waals surface area (Å²) in [5, 5.41) is 17.6. The number of fused-ring (bicyclic) bond motifs is 3. The van der Waals surface area contributed by atoms with E-state index in [1.807, 2.05) is 4.40 Å². The Bertz CT molecular complexity index is 1530. The highest BCUT2D eigenvalue weighted by molar-refractivity contribution is 7.16. The molecule has 0 amide bonds. The minimum absolute atomic E-state index is 0.0157. The fraction of sp³-hybridized carbons (Fsp3) is 0.269. The Morgan fingerprint density at radius 1 is 1.03 bits per heavy atom. The van der Waals surface area contributed by atoms with Crippen LogP contribution in [-0.4, -0.2) is 55.1 Å². The first-order valence-electron chi connectivity index (χ1n) is 11.9. The van der Waals surface area contributed by atoms with Crippen molar-refractivity contribution in [1.29, 1.82) is 5.26 Å². The number of hydrogen-bond acceptors (Lipinski definition) is 8. The highest BCUT2D eigenvalue weighted by atomic mass is 32.1. The van der Waals surface area contributed by atoms with Crippen LogP contribution in [0, 0.1) is 23.0 Å². The Labute approximate surface area is 215 Å². The molecule has 2 aromatic carbocycles. The molecule has 0 aliphatic carbocycles.